The van der Waals surface area contributed by atoms with Gasteiger partial charge in [0.25, 0.3) is 10.0 Å². The Hall–Kier alpha value is -2.92. The van der Waals surface area contributed by atoms with Crippen LogP contribution >= 0.6 is 0 Å². The molecule has 1 amide bonds. The molecular formula is C18H18N2O7S2. The number of sulfonamides is 2. The van der Waals surface area contributed by atoms with Crippen molar-refractivity contribution in [1.82, 2.24) is 0 Å². The molecule has 0 aliphatic carbocycles. The number of nitrogens with one attached hydrogen (secondary N) is 1. The summed E-state index contributed by atoms with van der Waals surface area (Å²) in [5.41, 5.74) is 0.540. The molecule has 0 unspecified atom stereocenters. The molecule has 1 heterocycles. The SMILES string of the molecule is COc1ccc(N2C(=O)CCS2(=O)=O)cc1S(=O)(=O)Nc1ccc(C(C)=O)cc1. The Morgan fingerprint density at radius 2 is 1.79 bits per heavy atom. The number of rotatable bonds is 6. The van der Waals surface area contributed by atoms with Crippen LogP contribution in [0.5, 0.6) is 5.75 Å². The number of methoxy groups -OCH3 is 1. The van der Waals surface area contributed by atoms with E-state index in [4.69, 9.17) is 4.74 Å². The largest absolute Gasteiger partial charge is 0.495 e. The van der Waals surface area contributed by atoms with Gasteiger partial charge >= 0.3 is 0 Å². The number of ether oxygens (including phenoxy) is 1. The van der Waals surface area contributed by atoms with Crippen LogP contribution in [0.2, 0.25) is 0 Å². The fourth-order valence-corrected chi connectivity index (χ4v) is 5.55. The highest BCUT2D eigenvalue weighted by Crippen LogP contribution is 2.33. The van der Waals surface area contributed by atoms with Crippen molar-refractivity contribution in [2.45, 2.75) is 18.2 Å². The lowest BCUT2D eigenvalue weighted by Gasteiger charge is -2.18. The van der Waals surface area contributed by atoms with E-state index in [1.54, 1.807) is 0 Å². The third kappa shape index (κ3) is 4.10. The number of hydrogen-bond donors (Lipinski definition) is 1. The van der Waals surface area contributed by atoms with Crippen molar-refractivity contribution in [3.63, 3.8) is 0 Å². The Balaban J connectivity index is 2.01. The Bertz CT molecular complexity index is 1190. The summed E-state index contributed by atoms with van der Waals surface area (Å²) in [5.74, 6) is -1.15. The van der Waals surface area contributed by atoms with E-state index < -0.39 is 26.0 Å². The molecule has 2 aromatic rings. The predicted molar refractivity (Wildman–Crippen MR) is 106 cm³/mol. The quantitative estimate of drug-likeness (QED) is 0.681. The van der Waals surface area contributed by atoms with E-state index in [2.05, 4.69) is 4.72 Å². The summed E-state index contributed by atoms with van der Waals surface area (Å²) in [6, 6.07) is 9.47. The third-order valence-electron chi connectivity index (χ3n) is 4.29. The Morgan fingerprint density at radius 3 is 2.31 bits per heavy atom. The lowest BCUT2D eigenvalue weighted by molar-refractivity contribution is -0.116. The zero-order valence-electron chi connectivity index (χ0n) is 15.6. The summed E-state index contributed by atoms with van der Waals surface area (Å²) in [7, 11) is -6.76. The van der Waals surface area contributed by atoms with Gasteiger partial charge in [0, 0.05) is 17.7 Å². The van der Waals surface area contributed by atoms with Crippen LogP contribution in [0.15, 0.2) is 47.4 Å². The summed E-state index contributed by atoms with van der Waals surface area (Å²) >= 11 is 0. The molecule has 0 atom stereocenters. The van der Waals surface area contributed by atoms with Crippen molar-refractivity contribution in [2.24, 2.45) is 0 Å². The zero-order valence-corrected chi connectivity index (χ0v) is 17.2. The number of Topliss-reactive ketones (excluding diaryl/α,β-unsaturated/α-hetero) is 1. The normalized spacial score (nSPS) is 15.9. The van der Waals surface area contributed by atoms with E-state index in [-0.39, 0.29) is 40.0 Å². The molecule has 1 saturated heterocycles. The van der Waals surface area contributed by atoms with Gasteiger partial charge in [-0.2, -0.15) is 0 Å². The highest BCUT2D eigenvalue weighted by Gasteiger charge is 2.37. The van der Waals surface area contributed by atoms with Crippen LogP contribution in [-0.4, -0.2) is 41.4 Å². The van der Waals surface area contributed by atoms with Crippen LogP contribution in [0.4, 0.5) is 11.4 Å². The van der Waals surface area contributed by atoms with E-state index in [0.717, 1.165) is 6.07 Å². The Kier molecular flexibility index (Phi) is 5.37. The van der Waals surface area contributed by atoms with Gasteiger partial charge in [-0.25, -0.2) is 21.1 Å². The predicted octanol–water partition coefficient (Wildman–Crippen LogP) is 1.77. The molecule has 1 N–H and O–H groups in total. The van der Waals surface area contributed by atoms with Gasteiger partial charge in [0.15, 0.2) is 5.78 Å². The maximum atomic E-state index is 12.9. The molecule has 0 radical (unpaired) electrons. The molecule has 3 rings (SSSR count). The van der Waals surface area contributed by atoms with Gasteiger partial charge in [0.2, 0.25) is 15.9 Å². The second kappa shape index (κ2) is 7.48. The minimum Gasteiger partial charge on any atom is -0.495 e. The lowest BCUT2D eigenvalue weighted by Crippen LogP contribution is -2.29. The highest BCUT2D eigenvalue weighted by molar-refractivity contribution is 7.94. The molecule has 1 fully saturated rings. The first-order chi connectivity index (χ1) is 13.5. The van der Waals surface area contributed by atoms with Gasteiger partial charge in [-0.15, -0.1) is 0 Å². The smallest absolute Gasteiger partial charge is 0.265 e. The minimum absolute atomic E-state index is 0.0225. The summed E-state index contributed by atoms with van der Waals surface area (Å²) in [5, 5.41) is 0. The number of anilines is 2. The second-order valence-electron chi connectivity index (χ2n) is 6.30. The van der Waals surface area contributed by atoms with E-state index >= 15 is 0 Å². The van der Waals surface area contributed by atoms with Crippen molar-refractivity contribution >= 4 is 43.1 Å². The van der Waals surface area contributed by atoms with Gasteiger partial charge < -0.3 is 4.74 Å². The number of amides is 1. The third-order valence-corrected chi connectivity index (χ3v) is 7.39. The van der Waals surface area contributed by atoms with E-state index in [0.29, 0.717) is 9.87 Å². The van der Waals surface area contributed by atoms with E-state index in [9.17, 15) is 26.4 Å². The molecule has 1 aliphatic heterocycles. The first-order valence-corrected chi connectivity index (χ1v) is 11.5. The summed E-state index contributed by atoms with van der Waals surface area (Å²) in [4.78, 5) is 23.0. The maximum absolute atomic E-state index is 12.9. The van der Waals surface area contributed by atoms with Crippen molar-refractivity contribution in [3.05, 3.63) is 48.0 Å². The fourth-order valence-electron chi connectivity index (χ4n) is 2.85. The number of ketones is 1. The zero-order chi connectivity index (χ0) is 21.4. The average Bonchev–Trinajstić information content (AvgIpc) is 2.94. The fraction of sp³-hybridized carbons (Fsp3) is 0.222. The Morgan fingerprint density at radius 1 is 1.14 bits per heavy atom. The molecule has 11 heteroatoms. The second-order valence-corrected chi connectivity index (χ2v) is 9.89. The van der Waals surface area contributed by atoms with Crippen LogP contribution in [0, 0.1) is 0 Å². The van der Waals surface area contributed by atoms with Gasteiger partial charge in [0.1, 0.15) is 10.6 Å². The van der Waals surface area contributed by atoms with Crippen LogP contribution < -0.4 is 13.8 Å². The van der Waals surface area contributed by atoms with Gasteiger partial charge in [-0.05, 0) is 49.4 Å². The number of benzene rings is 2. The Labute approximate surface area is 168 Å². The average molecular weight is 438 g/mol. The van der Waals surface area contributed by atoms with Crippen molar-refractivity contribution < 1.29 is 31.2 Å². The van der Waals surface area contributed by atoms with Crippen molar-refractivity contribution in [1.29, 1.82) is 0 Å². The lowest BCUT2D eigenvalue weighted by atomic mass is 10.1. The minimum atomic E-state index is -4.19. The summed E-state index contributed by atoms with van der Waals surface area (Å²) < 4.78 is 58.1. The van der Waals surface area contributed by atoms with Crippen molar-refractivity contribution in [2.75, 3.05) is 21.9 Å². The topological polar surface area (TPSA) is 127 Å². The molecule has 0 aromatic heterocycles. The number of carbonyl (C=O) groups is 2. The number of hydrogen-bond acceptors (Lipinski definition) is 7. The molecular weight excluding hydrogens is 420 g/mol. The molecule has 0 spiro atoms. The number of carbonyl (C=O) groups excluding carboxylic acids is 2. The molecule has 0 bridgehead atoms. The van der Waals surface area contributed by atoms with Gasteiger partial charge in [-0.3, -0.25) is 14.3 Å². The van der Waals surface area contributed by atoms with Gasteiger partial charge in [-0.1, -0.05) is 0 Å². The monoisotopic (exact) mass is 438 g/mol. The summed E-state index contributed by atoms with van der Waals surface area (Å²) in [6.45, 7) is 1.39. The standard InChI is InChI=1S/C18H18N2O7S2/c1-12(21)13-3-5-14(6-4-13)19-29(25,26)17-11-15(7-8-16(17)27-2)20-18(22)9-10-28(20,23)24/h3-8,11,19H,9-10H2,1-2H3. The molecule has 0 saturated carbocycles. The number of nitrogens with zero attached hydrogens (tertiary/aromatic N) is 1. The first-order valence-electron chi connectivity index (χ1n) is 8.43. The highest BCUT2D eigenvalue weighted by atomic mass is 32.2. The molecule has 29 heavy (non-hydrogen) atoms. The van der Waals surface area contributed by atoms with E-state index in [1.807, 2.05) is 0 Å². The van der Waals surface area contributed by atoms with Gasteiger partial charge in [0.05, 0.1) is 18.6 Å². The molecule has 154 valence electrons. The van der Waals surface area contributed by atoms with Crippen LogP contribution in [-0.2, 0) is 24.8 Å². The molecule has 9 nitrogen and oxygen atoms in total. The maximum Gasteiger partial charge on any atom is 0.265 e. The van der Waals surface area contributed by atoms with Crippen LogP contribution in [0.3, 0.4) is 0 Å². The molecule has 2 aromatic carbocycles. The first kappa shape index (κ1) is 20.8. The van der Waals surface area contributed by atoms with Crippen molar-refractivity contribution in [3.8, 4) is 5.75 Å². The summed E-state index contributed by atoms with van der Waals surface area (Å²) in [6.07, 6.45) is -0.169. The van der Waals surface area contributed by atoms with Crippen LogP contribution in [0.25, 0.3) is 0 Å². The van der Waals surface area contributed by atoms with E-state index in [1.165, 1.54) is 50.4 Å². The van der Waals surface area contributed by atoms with Crippen LogP contribution in [0.1, 0.15) is 23.7 Å². The molecule has 1 aliphatic rings.